The Morgan fingerprint density at radius 2 is 2.00 bits per heavy atom. The van der Waals surface area contributed by atoms with E-state index in [1.54, 1.807) is 19.9 Å². The average Bonchev–Trinajstić information content (AvgIpc) is 2.85. The molecule has 0 radical (unpaired) electrons. The molecule has 0 fully saturated rings. The van der Waals surface area contributed by atoms with Crippen molar-refractivity contribution < 1.29 is 27.5 Å². The van der Waals surface area contributed by atoms with Crippen molar-refractivity contribution in [2.75, 3.05) is 6.54 Å². The minimum atomic E-state index is -4.50. The van der Waals surface area contributed by atoms with Gasteiger partial charge in [0.2, 0.25) is 0 Å². The highest BCUT2D eigenvalue weighted by molar-refractivity contribution is 5.94. The lowest BCUT2D eigenvalue weighted by molar-refractivity contribution is -0.137. The van der Waals surface area contributed by atoms with Gasteiger partial charge in [-0.3, -0.25) is 4.79 Å². The number of alkyl halides is 3. The Labute approximate surface area is 137 Å². The van der Waals surface area contributed by atoms with Gasteiger partial charge in [-0.25, -0.2) is 0 Å². The fourth-order valence-electron chi connectivity index (χ4n) is 2.40. The van der Waals surface area contributed by atoms with Crippen LogP contribution >= 0.6 is 0 Å². The summed E-state index contributed by atoms with van der Waals surface area (Å²) in [5.41, 5.74) is -0.310. The number of halogens is 3. The van der Waals surface area contributed by atoms with Crippen molar-refractivity contribution in [1.82, 2.24) is 5.32 Å². The zero-order chi connectivity index (χ0) is 17.9. The van der Waals surface area contributed by atoms with Crippen LogP contribution in [-0.2, 0) is 6.18 Å². The summed E-state index contributed by atoms with van der Waals surface area (Å²) in [6.45, 7) is 3.62. The summed E-state index contributed by atoms with van der Waals surface area (Å²) in [5, 5.41) is 12.6. The second-order valence-corrected chi connectivity index (χ2v) is 5.51. The molecule has 2 N–H and O–H groups in total. The van der Waals surface area contributed by atoms with E-state index >= 15 is 0 Å². The Morgan fingerprint density at radius 3 is 2.58 bits per heavy atom. The maximum absolute atomic E-state index is 12.6. The van der Waals surface area contributed by atoms with Crippen LogP contribution in [0.2, 0.25) is 0 Å². The predicted octanol–water partition coefficient (Wildman–Crippen LogP) is 3.77. The molecule has 24 heavy (non-hydrogen) atoms. The van der Waals surface area contributed by atoms with Crippen LogP contribution in [0.5, 0.6) is 0 Å². The third kappa shape index (κ3) is 4.38. The summed E-state index contributed by atoms with van der Waals surface area (Å²) in [6.07, 6.45) is -5.09. The number of aryl methyl sites for hydroxylation is 2. The number of furan rings is 1. The fourth-order valence-corrected chi connectivity index (χ4v) is 2.40. The first kappa shape index (κ1) is 18.1. The minimum absolute atomic E-state index is 0.0744. The van der Waals surface area contributed by atoms with Crippen LogP contribution in [0.3, 0.4) is 0 Å². The third-order valence-electron chi connectivity index (χ3n) is 3.59. The largest absolute Gasteiger partial charge is 0.466 e. The number of rotatable bonds is 5. The number of benzene rings is 1. The highest BCUT2D eigenvalue weighted by Gasteiger charge is 2.30. The summed E-state index contributed by atoms with van der Waals surface area (Å²) in [7, 11) is 0. The lowest BCUT2D eigenvalue weighted by Crippen LogP contribution is -2.26. The smallest absolute Gasteiger partial charge is 0.416 e. The predicted molar refractivity (Wildman–Crippen MR) is 81.5 cm³/mol. The molecule has 0 aliphatic carbocycles. The number of aliphatic hydroxyl groups excluding tert-OH is 1. The molecule has 0 saturated heterocycles. The van der Waals surface area contributed by atoms with E-state index in [0.717, 1.165) is 12.1 Å². The van der Waals surface area contributed by atoms with Crippen molar-refractivity contribution in [2.45, 2.75) is 32.5 Å². The molecule has 1 heterocycles. The molecule has 0 spiro atoms. The van der Waals surface area contributed by atoms with Crippen LogP contribution in [0.4, 0.5) is 13.2 Å². The number of hydrogen-bond donors (Lipinski definition) is 2. The molecule has 1 aromatic heterocycles. The van der Waals surface area contributed by atoms with E-state index in [0.29, 0.717) is 17.1 Å². The molecule has 0 bridgehead atoms. The second kappa shape index (κ2) is 7.09. The van der Waals surface area contributed by atoms with Crippen molar-refractivity contribution in [3.8, 4) is 0 Å². The summed E-state index contributed by atoms with van der Waals surface area (Å²) in [5.74, 6) is 0.659. The average molecular weight is 341 g/mol. The molecule has 4 nitrogen and oxygen atoms in total. The van der Waals surface area contributed by atoms with Gasteiger partial charge in [-0.1, -0.05) is 6.07 Å². The Morgan fingerprint density at radius 1 is 1.29 bits per heavy atom. The minimum Gasteiger partial charge on any atom is -0.466 e. The van der Waals surface area contributed by atoms with E-state index in [4.69, 9.17) is 4.42 Å². The Bertz CT molecular complexity index is 722. The van der Waals surface area contributed by atoms with Crippen LogP contribution in [-0.4, -0.2) is 17.6 Å². The van der Waals surface area contributed by atoms with Gasteiger partial charge in [0.15, 0.2) is 0 Å². The molecule has 2 aromatic rings. The maximum atomic E-state index is 12.6. The highest BCUT2D eigenvalue weighted by Crippen LogP contribution is 2.29. The van der Waals surface area contributed by atoms with E-state index < -0.39 is 23.8 Å². The molecule has 130 valence electrons. The second-order valence-electron chi connectivity index (χ2n) is 5.51. The number of aliphatic hydroxyl groups is 1. The quantitative estimate of drug-likeness (QED) is 0.870. The third-order valence-corrected chi connectivity index (χ3v) is 3.59. The van der Waals surface area contributed by atoms with Gasteiger partial charge in [-0.05, 0) is 44.5 Å². The fraction of sp³-hybridized carbons (Fsp3) is 0.353. The number of carbonyl (C=O) groups excluding carboxylic acids is 1. The summed E-state index contributed by atoms with van der Waals surface area (Å²) >= 11 is 0. The molecule has 1 aromatic carbocycles. The number of hydrogen-bond acceptors (Lipinski definition) is 3. The van der Waals surface area contributed by atoms with Crippen molar-refractivity contribution in [2.24, 2.45) is 0 Å². The maximum Gasteiger partial charge on any atom is 0.416 e. The van der Waals surface area contributed by atoms with Gasteiger partial charge in [0.05, 0.1) is 11.7 Å². The van der Waals surface area contributed by atoms with E-state index in [2.05, 4.69) is 5.32 Å². The first-order valence-electron chi connectivity index (χ1n) is 7.39. The normalized spacial score (nSPS) is 12.9. The highest BCUT2D eigenvalue weighted by atomic mass is 19.4. The SMILES string of the molecule is Cc1cc(C(O)CCNC(=O)c2cccc(C(F)(F)F)c2)c(C)o1. The van der Waals surface area contributed by atoms with Crippen molar-refractivity contribution in [1.29, 1.82) is 0 Å². The molecule has 1 atom stereocenters. The van der Waals surface area contributed by atoms with Crippen molar-refractivity contribution in [3.63, 3.8) is 0 Å². The molecule has 0 saturated carbocycles. The molecule has 2 rings (SSSR count). The lowest BCUT2D eigenvalue weighted by Gasteiger charge is -2.12. The van der Waals surface area contributed by atoms with Gasteiger partial charge in [-0.2, -0.15) is 13.2 Å². The van der Waals surface area contributed by atoms with Gasteiger partial charge < -0.3 is 14.8 Å². The molecule has 1 unspecified atom stereocenters. The molecule has 0 aliphatic rings. The van der Waals surface area contributed by atoms with E-state index in [1.165, 1.54) is 12.1 Å². The van der Waals surface area contributed by atoms with Crippen LogP contribution in [0.1, 0.15) is 45.5 Å². The van der Waals surface area contributed by atoms with Crippen molar-refractivity contribution in [3.05, 3.63) is 58.5 Å². The zero-order valence-corrected chi connectivity index (χ0v) is 13.3. The standard InChI is InChI=1S/C17H18F3NO3/c1-10-8-14(11(2)24-10)15(22)6-7-21-16(23)12-4-3-5-13(9-12)17(18,19)20/h3-5,8-9,15,22H,6-7H2,1-2H3,(H,21,23). The zero-order valence-electron chi connectivity index (χ0n) is 13.3. The van der Waals surface area contributed by atoms with Crippen LogP contribution < -0.4 is 5.32 Å². The molecular formula is C17H18F3NO3. The van der Waals surface area contributed by atoms with Gasteiger partial charge in [0.25, 0.3) is 5.91 Å². The number of amides is 1. The Kier molecular flexibility index (Phi) is 5.33. The van der Waals surface area contributed by atoms with Crippen molar-refractivity contribution >= 4 is 5.91 Å². The van der Waals surface area contributed by atoms with Crippen LogP contribution in [0.25, 0.3) is 0 Å². The lowest BCUT2D eigenvalue weighted by atomic mass is 10.1. The Hall–Kier alpha value is -2.28. The van der Waals surface area contributed by atoms with E-state index in [9.17, 15) is 23.1 Å². The number of carbonyl (C=O) groups is 1. The Balaban J connectivity index is 1.93. The first-order chi connectivity index (χ1) is 11.2. The summed E-state index contributed by atoms with van der Waals surface area (Å²) < 4.78 is 43.3. The molecule has 0 aliphatic heterocycles. The van der Waals surface area contributed by atoms with Gasteiger partial charge in [-0.15, -0.1) is 0 Å². The number of nitrogens with one attached hydrogen (secondary N) is 1. The van der Waals surface area contributed by atoms with Gasteiger partial charge in [0, 0.05) is 17.7 Å². The summed E-state index contributed by atoms with van der Waals surface area (Å²) in [6, 6.07) is 5.92. The molecule has 7 heteroatoms. The molecular weight excluding hydrogens is 323 g/mol. The monoisotopic (exact) mass is 341 g/mol. The van der Waals surface area contributed by atoms with E-state index in [1.807, 2.05) is 0 Å². The van der Waals surface area contributed by atoms with Gasteiger partial charge in [0.1, 0.15) is 11.5 Å². The first-order valence-corrected chi connectivity index (χ1v) is 7.39. The van der Waals surface area contributed by atoms with Crippen LogP contribution in [0, 0.1) is 13.8 Å². The topological polar surface area (TPSA) is 62.5 Å². The van der Waals surface area contributed by atoms with Gasteiger partial charge >= 0.3 is 6.18 Å². The molecule has 1 amide bonds. The van der Waals surface area contributed by atoms with E-state index in [-0.39, 0.29) is 18.5 Å². The van der Waals surface area contributed by atoms with Crippen LogP contribution in [0.15, 0.2) is 34.7 Å². The summed E-state index contributed by atoms with van der Waals surface area (Å²) in [4.78, 5) is 11.9.